The average Bonchev–Trinajstić information content (AvgIpc) is 2.60. The number of benzene rings is 2. The molecule has 28 heavy (non-hydrogen) atoms. The van der Waals surface area contributed by atoms with Crippen LogP contribution in [0.1, 0.15) is 26.3 Å². The van der Waals surface area contributed by atoms with Gasteiger partial charge in [0.25, 0.3) is 0 Å². The number of rotatable bonds is 5. The van der Waals surface area contributed by atoms with Crippen molar-refractivity contribution in [3.05, 3.63) is 60.2 Å². The molecule has 2 aromatic rings. The Hall–Kier alpha value is -3.31. The molecular formula is C21H30FmN3O2S-. The zero-order valence-electron chi connectivity index (χ0n) is 17.0. The fraction of sp³-hybridized carbons (Fsp3) is 0.333. The Kier molecular flexibility index (Phi) is 14.2. The second-order valence-corrected chi connectivity index (χ2v) is 7.63. The Bertz CT molecular complexity index is 654. The zero-order valence-corrected chi connectivity index (χ0v) is 20.2. The van der Waals surface area contributed by atoms with Gasteiger partial charge in [0.2, 0.25) is 5.91 Å². The largest absolute Gasteiger partial charge is 0.522 e. The van der Waals surface area contributed by atoms with Crippen molar-refractivity contribution in [1.82, 2.24) is 5.32 Å². The smallest absolute Gasteiger partial charge is 0.241 e. The molecule has 0 bridgehead atoms. The predicted molar refractivity (Wildman–Crippen MR) is 116 cm³/mol. The second-order valence-electron chi connectivity index (χ2n) is 6.75. The molecule has 0 aromatic heterocycles. The molecular weight excluding hydrogens is 615 g/mol. The number of nitrogens with two attached hydrogens (primary N) is 1. The van der Waals surface area contributed by atoms with Crippen LogP contribution in [0.2, 0.25) is 0 Å². The molecule has 0 saturated carbocycles. The monoisotopic (exact) mass is 645 g/mol. The number of carbonyl (C=O) groups is 1. The standard InChI is InChI=1S/C10H11N2O2S.C7H8.C4H11N.Fm/c1-15-9-4-2-8(3-5-9)12-10(14)6-11-7-13;1-7-5-3-2-4-6-7;1-4(2,3)5;/h2-5H,6H2,1H3,(H,11,13)(H,12,14);2-6H,1H3;5H2,1-3H3;/q-1;;;. The van der Waals surface area contributed by atoms with Crippen molar-refractivity contribution in [2.75, 3.05) is 18.1 Å². The Morgan fingerprint density at radius 3 is 1.93 bits per heavy atom. The Morgan fingerprint density at radius 2 is 1.57 bits per heavy atom. The summed E-state index contributed by atoms with van der Waals surface area (Å²) in [6, 6.07) is 17.7. The summed E-state index contributed by atoms with van der Waals surface area (Å²) in [5.74, 6) is -0.268. The first-order valence-electron chi connectivity index (χ1n) is 8.50. The molecule has 4 N–H and O–H groups in total. The normalized spacial score (nSPS) is 9.36. The van der Waals surface area contributed by atoms with Gasteiger partial charge in [-0.05, 0) is 58.2 Å². The summed E-state index contributed by atoms with van der Waals surface area (Å²) in [5.41, 5.74) is 7.39. The maximum absolute atomic E-state index is 11.2. The van der Waals surface area contributed by atoms with Gasteiger partial charge in [0.05, 0.1) is 6.54 Å². The van der Waals surface area contributed by atoms with Gasteiger partial charge in [-0.3, -0.25) is 4.79 Å². The van der Waals surface area contributed by atoms with E-state index in [0.29, 0.717) is 5.69 Å². The summed E-state index contributed by atoms with van der Waals surface area (Å²) in [6.07, 6.45) is 3.42. The number of hydrogen-bond donors (Lipinski definition) is 3. The van der Waals surface area contributed by atoms with Crippen LogP contribution in [0.4, 0.5) is 5.69 Å². The summed E-state index contributed by atoms with van der Waals surface area (Å²) in [7, 11) is 0. The fourth-order valence-electron chi connectivity index (χ4n) is 1.53. The first-order valence-corrected chi connectivity index (χ1v) is 9.72. The minimum Gasteiger partial charge on any atom is -0.522 e. The van der Waals surface area contributed by atoms with Crippen molar-refractivity contribution in [2.24, 2.45) is 5.73 Å². The van der Waals surface area contributed by atoms with E-state index in [1.54, 1.807) is 11.8 Å². The van der Waals surface area contributed by atoms with Crippen LogP contribution >= 0.6 is 11.8 Å². The Labute approximate surface area is 167 Å². The summed E-state index contributed by atoms with van der Waals surface area (Å²) in [4.78, 5) is 22.1. The number of anilines is 1. The molecule has 0 aliphatic heterocycles. The minimum atomic E-state index is -0.268. The third kappa shape index (κ3) is 17.5. The van der Waals surface area contributed by atoms with E-state index in [0.717, 1.165) is 4.90 Å². The molecule has 0 saturated heterocycles. The van der Waals surface area contributed by atoms with Gasteiger partial charge in [0.1, 0.15) is 0 Å². The van der Waals surface area contributed by atoms with Gasteiger partial charge in [0.15, 0.2) is 0 Å². The van der Waals surface area contributed by atoms with Gasteiger partial charge >= 0.3 is 0 Å². The van der Waals surface area contributed by atoms with Crippen LogP contribution in [0.25, 0.3) is 0 Å². The van der Waals surface area contributed by atoms with Crippen LogP contribution in [-0.2, 0) is 9.59 Å². The Morgan fingerprint density at radius 1 is 1.07 bits per heavy atom. The van der Waals surface area contributed by atoms with Crippen molar-refractivity contribution < 1.29 is 9.59 Å². The number of thioether (sulfide) groups is 1. The van der Waals surface area contributed by atoms with Crippen molar-refractivity contribution in [2.45, 2.75) is 38.1 Å². The number of nitrogens with one attached hydrogen (secondary N) is 2. The first kappa shape index (κ1) is 26.9. The Balaban J connectivity index is 0. The first-order chi connectivity index (χ1) is 12.7. The number of hydrogen-bond acceptors (Lipinski definition) is 4. The van der Waals surface area contributed by atoms with E-state index in [-0.39, 0.29) is 18.0 Å². The summed E-state index contributed by atoms with van der Waals surface area (Å²) in [6.45, 7) is 7.92. The molecule has 0 spiro atoms. The van der Waals surface area contributed by atoms with E-state index in [1.165, 1.54) is 12.0 Å². The van der Waals surface area contributed by atoms with Gasteiger partial charge in [-0.1, -0.05) is 35.9 Å². The molecule has 7 heteroatoms. The minimum absolute atomic E-state index is 0. The topological polar surface area (TPSA) is 84.2 Å². The molecule has 2 aromatic carbocycles. The van der Waals surface area contributed by atoms with Crippen LogP contribution in [0, 0.1) is 6.92 Å². The maximum Gasteiger partial charge on any atom is 0.241 e. The zero-order chi connectivity index (χ0) is 20.7. The van der Waals surface area contributed by atoms with Crippen molar-refractivity contribution >= 4 is 29.8 Å². The van der Waals surface area contributed by atoms with Crippen molar-refractivity contribution in [1.29, 1.82) is 0 Å². The van der Waals surface area contributed by atoms with Crippen molar-refractivity contribution in [3.63, 3.8) is 0 Å². The van der Waals surface area contributed by atoms with E-state index in [4.69, 9.17) is 5.73 Å². The quantitative estimate of drug-likeness (QED) is 0.263. The summed E-state index contributed by atoms with van der Waals surface area (Å²) >= 11 is 1.63. The molecule has 5 nitrogen and oxygen atoms in total. The molecule has 0 fully saturated rings. The summed E-state index contributed by atoms with van der Waals surface area (Å²) < 4.78 is 0. The molecule has 0 unspecified atom stereocenters. The van der Waals surface area contributed by atoms with E-state index in [1.807, 2.05) is 69.5 Å². The van der Waals surface area contributed by atoms with Crippen LogP contribution < -0.4 is 16.4 Å². The molecule has 0 aliphatic carbocycles. The van der Waals surface area contributed by atoms with Gasteiger partial charge in [-0.15, -0.1) is 11.8 Å². The predicted octanol–water partition coefficient (Wildman–Crippen LogP) is 3.74. The summed E-state index contributed by atoms with van der Waals surface area (Å²) in [5, 5.41) is 4.81. The molecule has 0 radical (unpaired) electrons. The van der Waals surface area contributed by atoms with Crippen LogP contribution in [0.15, 0.2) is 59.5 Å². The van der Waals surface area contributed by atoms with Crippen molar-refractivity contribution in [3.8, 4) is 0 Å². The molecule has 0 aliphatic rings. The maximum atomic E-state index is 11.2. The average molecular weight is 646 g/mol. The van der Waals surface area contributed by atoms with E-state index in [9.17, 15) is 9.59 Å². The van der Waals surface area contributed by atoms with Crippen LogP contribution in [0.3, 0.4) is 0 Å². The molecule has 2 amide bonds. The van der Waals surface area contributed by atoms with E-state index in [2.05, 4.69) is 29.7 Å². The second kappa shape index (κ2) is 14.8. The third-order valence-corrected chi connectivity index (χ3v) is 3.38. The molecule has 0 atom stereocenters. The van der Waals surface area contributed by atoms with Gasteiger partial charge < -0.3 is 21.2 Å². The van der Waals surface area contributed by atoms with Gasteiger partial charge in [0, 0.05) is 16.1 Å². The third-order valence-electron chi connectivity index (χ3n) is 2.64. The fourth-order valence-corrected chi connectivity index (χ4v) is 1.94. The van der Waals surface area contributed by atoms with Crippen LogP contribution in [-0.4, -0.2) is 30.7 Å². The van der Waals surface area contributed by atoms with E-state index < -0.39 is 0 Å². The van der Waals surface area contributed by atoms with E-state index >= 15 is 0 Å². The molecule has 160 valence electrons. The number of carbonyl (C=O) groups excluding carboxylic acids is 2. The van der Waals surface area contributed by atoms with Gasteiger partial charge in [-0.25, -0.2) is 0 Å². The number of aryl methyl sites for hydroxylation is 1. The molecule has 0 heterocycles. The van der Waals surface area contributed by atoms with Gasteiger partial charge in [-0.2, -0.15) is 6.41 Å². The number of amides is 2. The molecule has 2 rings (SSSR count). The van der Waals surface area contributed by atoms with Crippen LogP contribution in [0.5, 0.6) is 0 Å². The SMILES string of the molecule is CC(C)(C)N.CSc1ccc(NC(=O)CN[C-]=O)cc1.Cc1ccccc1.[Fm].